The summed E-state index contributed by atoms with van der Waals surface area (Å²) < 4.78 is 31.8. The molecule has 0 spiro atoms. The zero-order valence-electron chi connectivity index (χ0n) is 42.3. The van der Waals surface area contributed by atoms with Crippen LogP contribution < -0.4 is 39.6 Å². The molecule has 4 aromatic rings. The maximum absolute atomic E-state index is 13.6. The molecule has 15 nitrogen and oxygen atoms in total. The molecule has 0 saturated heterocycles. The number of aromatic hydroxyl groups is 1. The molecule has 0 aromatic heterocycles. The van der Waals surface area contributed by atoms with Gasteiger partial charge in [0.05, 0.1) is 44.1 Å². The lowest BCUT2D eigenvalue weighted by Gasteiger charge is -2.59. The van der Waals surface area contributed by atoms with Crippen LogP contribution >= 0.6 is 0 Å². The van der Waals surface area contributed by atoms with Crippen molar-refractivity contribution in [3.63, 3.8) is 0 Å². The van der Waals surface area contributed by atoms with Crippen LogP contribution in [0.3, 0.4) is 0 Å². The van der Waals surface area contributed by atoms with Gasteiger partial charge in [0, 0.05) is 76.0 Å². The van der Waals surface area contributed by atoms with Crippen molar-refractivity contribution >= 4 is 17.5 Å². The summed E-state index contributed by atoms with van der Waals surface area (Å²) in [6.45, 7) is 4.02. The van der Waals surface area contributed by atoms with E-state index in [1.54, 1.807) is 17.0 Å². The van der Waals surface area contributed by atoms with Crippen LogP contribution in [0.4, 0.5) is 5.69 Å². The average Bonchev–Trinajstić information content (AvgIpc) is 3.76. The fourth-order valence-electron chi connectivity index (χ4n) is 14.5. The van der Waals surface area contributed by atoms with Crippen molar-refractivity contribution < 1.29 is 53.7 Å². The van der Waals surface area contributed by atoms with Gasteiger partial charge >= 0.3 is 0 Å². The normalized spacial score (nSPS) is 25.6. The van der Waals surface area contributed by atoms with Crippen LogP contribution in [0.25, 0.3) is 11.1 Å². The Morgan fingerprint density at radius 1 is 0.863 bits per heavy atom. The molecule has 2 saturated carbocycles. The molecule has 7 aliphatic rings. The number of phenols is 1. The number of hydrogen-bond donors (Lipinski definition) is 7. The van der Waals surface area contributed by atoms with Crippen molar-refractivity contribution in [3.05, 3.63) is 99.6 Å². The number of phenolic OH excluding ortho intramolecular Hbond substituents is 1. The summed E-state index contributed by atoms with van der Waals surface area (Å²) in [5, 5.41) is 57.6. The predicted octanol–water partition coefficient (Wildman–Crippen LogP) is 7.25. The number of rotatable bonds is 17. The van der Waals surface area contributed by atoms with E-state index in [4.69, 9.17) is 23.7 Å². The summed E-state index contributed by atoms with van der Waals surface area (Å²) in [7, 11) is 3.36. The molecule has 4 aromatic carbocycles. The van der Waals surface area contributed by atoms with Crippen LogP contribution in [0.5, 0.6) is 34.5 Å². The molecule has 2 fully saturated rings. The Bertz CT molecular complexity index is 2790. The second-order valence-electron chi connectivity index (χ2n) is 21.3. The van der Waals surface area contributed by atoms with Crippen LogP contribution in [0, 0.1) is 17.8 Å². The smallest absolute Gasteiger partial charge is 0.254 e. The predicted molar refractivity (Wildman–Crippen MR) is 274 cm³/mol. The molecule has 3 aliphatic heterocycles. The lowest BCUT2D eigenvalue weighted by molar-refractivity contribution is -0.152. The van der Waals surface area contributed by atoms with Crippen LogP contribution in [0.15, 0.2) is 60.7 Å². The minimum atomic E-state index is -1.07. The largest absolute Gasteiger partial charge is 0.502 e. The summed E-state index contributed by atoms with van der Waals surface area (Å²) in [6, 6.07) is 15.8. The number of fused-ring (bicyclic) bond motifs is 5. The van der Waals surface area contributed by atoms with Crippen molar-refractivity contribution in [3.8, 4) is 45.6 Å². The lowest BCUT2D eigenvalue weighted by atomic mass is 9.48. The molecule has 2 amide bonds. The number of ether oxygens (including phenoxy) is 5. The van der Waals surface area contributed by atoms with Crippen LogP contribution in [0.2, 0.25) is 0 Å². The number of aliphatic hydroxyl groups excluding tert-OH is 3. The topological polar surface area (TPSA) is 201 Å². The van der Waals surface area contributed by atoms with Gasteiger partial charge in [0.2, 0.25) is 5.75 Å². The highest BCUT2D eigenvalue weighted by atomic mass is 16.5. The molecule has 7 atom stereocenters. The highest BCUT2D eigenvalue weighted by molar-refractivity contribution is 6.13. The van der Waals surface area contributed by atoms with E-state index in [0.717, 1.165) is 80.0 Å². The van der Waals surface area contributed by atoms with E-state index >= 15 is 0 Å². The van der Waals surface area contributed by atoms with Gasteiger partial charge in [-0.15, -0.1) is 0 Å². The van der Waals surface area contributed by atoms with E-state index in [0.29, 0.717) is 78.6 Å². The molecule has 4 aliphatic carbocycles. The standard InChI is InChI=1S/C58H70N4O11/c1-4-60-32-73-45-27-43(70-23-22-59-2)38-16-17-39-50-42(61-56(68)53(45)52(38)50)26-44-51(39)54(66)40(31-72-44)34-24-46(69-3)55(67)47(25-34)71-30-37(29-63)58-28-36(15-14-35(58)13-12-33-10-6-7-11-41(33)58)57(20-8-5-9-21-57)62-48(64)18-19-49(62)65/h6-7,10-11,18-19,24-27,35-37,40,54,56,59-61,63,66-68H,4-5,8-9,12-17,20-23,28-32H2,1-3H3. The third-order valence-electron chi connectivity index (χ3n) is 17.8. The SMILES string of the molecule is CCNCOc1cc(OCCNC)c2c3c1C(O)Nc1cc4c(c(c1-3)CC2)C(O)C(c1cc(OC)c(O)c(OCC(CO)C23CC(C5(N6C(=O)C=CC6=O)CCCCC5)CCC2CCc2ccccc23)c1)CO4. The molecule has 388 valence electrons. The summed E-state index contributed by atoms with van der Waals surface area (Å²) in [6.07, 6.45) is 10.7. The zero-order chi connectivity index (χ0) is 50.6. The molecule has 15 heteroatoms. The Labute approximate surface area is 427 Å². The molecule has 11 rings (SSSR count). The van der Waals surface area contributed by atoms with Crippen LogP contribution in [-0.4, -0.2) is 103 Å². The first-order valence-corrected chi connectivity index (χ1v) is 26.6. The number of aliphatic hydroxyl groups is 3. The van der Waals surface area contributed by atoms with Gasteiger partial charge in [-0.2, -0.15) is 0 Å². The molecular weight excluding hydrogens is 929 g/mol. The summed E-state index contributed by atoms with van der Waals surface area (Å²) in [5.41, 5.74) is 7.48. The third kappa shape index (κ3) is 8.21. The first kappa shape index (κ1) is 49.4. The summed E-state index contributed by atoms with van der Waals surface area (Å²) in [4.78, 5) is 28.7. The molecule has 3 heterocycles. The number of benzene rings is 4. The summed E-state index contributed by atoms with van der Waals surface area (Å²) in [5.74, 6) is 0.622. The van der Waals surface area contributed by atoms with Crippen molar-refractivity contribution in [2.45, 2.75) is 113 Å². The number of methoxy groups -OCH3 is 1. The van der Waals surface area contributed by atoms with Gasteiger partial charge in [0.1, 0.15) is 30.6 Å². The Kier molecular flexibility index (Phi) is 13.6. The number of amides is 2. The first-order chi connectivity index (χ1) is 35.6. The first-order valence-electron chi connectivity index (χ1n) is 26.6. The quantitative estimate of drug-likeness (QED) is 0.0317. The highest BCUT2D eigenvalue weighted by Gasteiger charge is 2.59. The Morgan fingerprint density at radius 3 is 2.40 bits per heavy atom. The van der Waals surface area contributed by atoms with Crippen molar-refractivity contribution in [2.24, 2.45) is 17.8 Å². The second kappa shape index (κ2) is 20.1. The Balaban J connectivity index is 0.932. The third-order valence-corrected chi connectivity index (χ3v) is 17.8. The number of carbonyl (C=O) groups is 2. The molecule has 0 radical (unpaired) electrons. The number of likely N-dealkylation sites (N-methyl/N-ethyl adjacent to an activating group) is 1. The monoisotopic (exact) mass is 999 g/mol. The Morgan fingerprint density at radius 2 is 1.63 bits per heavy atom. The Hall–Kier alpha value is -5.84. The molecule has 7 N–H and O–H groups in total. The van der Waals surface area contributed by atoms with Gasteiger partial charge in [-0.25, -0.2) is 0 Å². The number of aryl methyl sites for hydroxylation is 1. The van der Waals surface area contributed by atoms with E-state index in [2.05, 4.69) is 40.2 Å². The maximum atomic E-state index is 13.6. The van der Waals surface area contributed by atoms with Crippen molar-refractivity contribution in [1.29, 1.82) is 0 Å². The summed E-state index contributed by atoms with van der Waals surface area (Å²) >= 11 is 0. The molecule has 7 unspecified atom stereocenters. The number of anilines is 1. The molecule has 0 bridgehead atoms. The van der Waals surface area contributed by atoms with Gasteiger partial charge in [-0.3, -0.25) is 19.8 Å². The van der Waals surface area contributed by atoms with Gasteiger partial charge in [-0.1, -0.05) is 50.5 Å². The van der Waals surface area contributed by atoms with Gasteiger partial charge in [-0.05, 0) is 118 Å². The average molecular weight is 999 g/mol. The molecule has 73 heavy (non-hydrogen) atoms. The van der Waals surface area contributed by atoms with E-state index in [1.807, 2.05) is 26.1 Å². The van der Waals surface area contributed by atoms with Gasteiger partial charge < -0.3 is 54.7 Å². The fourth-order valence-corrected chi connectivity index (χ4v) is 14.5. The van der Waals surface area contributed by atoms with E-state index < -0.39 is 35.1 Å². The molecular formula is C58H70N4O11. The lowest BCUT2D eigenvalue weighted by Crippen LogP contribution is -2.62. The number of hydrogen-bond acceptors (Lipinski definition) is 14. The van der Waals surface area contributed by atoms with Crippen LogP contribution in [0.1, 0.15) is 122 Å². The number of nitrogens with zero attached hydrogens (tertiary/aromatic N) is 1. The number of carbonyl (C=O) groups excluding carboxylic acids is 2. The minimum absolute atomic E-state index is 0.0125. The van der Waals surface area contributed by atoms with E-state index in [-0.39, 0.29) is 67.5 Å². The van der Waals surface area contributed by atoms with Crippen LogP contribution in [-0.2, 0) is 34.3 Å². The van der Waals surface area contributed by atoms with Gasteiger partial charge in [0.25, 0.3) is 11.8 Å². The van der Waals surface area contributed by atoms with E-state index in [1.165, 1.54) is 30.4 Å². The van der Waals surface area contributed by atoms with Gasteiger partial charge in [0.15, 0.2) is 17.7 Å². The van der Waals surface area contributed by atoms with Crippen molar-refractivity contribution in [2.75, 3.05) is 65.7 Å². The number of imide groups is 1. The highest BCUT2D eigenvalue weighted by Crippen LogP contribution is 2.61. The van der Waals surface area contributed by atoms with Crippen molar-refractivity contribution in [1.82, 2.24) is 15.5 Å². The fraction of sp³-hybridized carbons (Fsp3) is 0.517. The second-order valence-corrected chi connectivity index (χ2v) is 21.3. The van der Waals surface area contributed by atoms with E-state index in [9.17, 15) is 30.0 Å². The maximum Gasteiger partial charge on any atom is 0.254 e. The number of nitrogens with one attached hydrogen (secondary N) is 3. The minimum Gasteiger partial charge on any atom is -0.502 e. The zero-order valence-corrected chi connectivity index (χ0v) is 42.3.